The van der Waals surface area contributed by atoms with Crippen LogP contribution in [-0.2, 0) is 14.9 Å². The predicted octanol–water partition coefficient (Wildman–Crippen LogP) is 2.97. The molecule has 0 bridgehead atoms. The minimum atomic E-state index is -0.450. The third-order valence-electron chi connectivity index (χ3n) is 5.23. The standard InChI is InChI=1S/C19H23N3O4/c1-3-24-18(23)12(2)20-17-10-16(21-22-17)19(7-4-8-19)13-5-6-14-15(9-13)26-11-25-14/h5-6,9-10,12H,3-4,7-8,11H2,1-2H3,(H2,20,21,22). The minimum Gasteiger partial charge on any atom is -0.464 e. The summed E-state index contributed by atoms with van der Waals surface area (Å²) in [5.74, 6) is 1.94. The van der Waals surface area contributed by atoms with Crippen LogP contribution >= 0.6 is 0 Å². The van der Waals surface area contributed by atoms with Crippen LogP contribution in [0.3, 0.4) is 0 Å². The number of rotatable bonds is 6. The topological polar surface area (TPSA) is 85.5 Å². The summed E-state index contributed by atoms with van der Waals surface area (Å²) in [4.78, 5) is 11.8. The molecule has 1 atom stereocenters. The Labute approximate surface area is 152 Å². The van der Waals surface area contributed by atoms with Crippen molar-refractivity contribution in [3.8, 4) is 11.5 Å². The molecule has 1 aliphatic carbocycles. The fourth-order valence-corrected chi connectivity index (χ4v) is 3.63. The first-order valence-electron chi connectivity index (χ1n) is 9.01. The van der Waals surface area contributed by atoms with E-state index in [9.17, 15) is 4.79 Å². The monoisotopic (exact) mass is 357 g/mol. The first kappa shape index (κ1) is 16.8. The van der Waals surface area contributed by atoms with E-state index in [0.717, 1.165) is 36.5 Å². The van der Waals surface area contributed by atoms with E-state index in [1.807, 2.05) is 12.1 Å². The van der Waals surface area contributed by atoms with Gasteiger partial charge in [-0.2, -0.15) is 5.10 Å². The molecular formula is C19H23N3O4. The van der Waals surface area contributed by atoms with E-state index < -0.39 is 6.04 Å². The van der Waals surface area contributed by atoms with Gasteiger partial charge in [-0.15, -0.1) is 0 Å². The first-order valence-corrected chi connectivity index (χ1v) is 9.01. The smallest absolute Gasteiger partial charge is 0.328 e. The average Bonchev–Trinajstić information content (AvgIpc) is 3.23. The third kappa shape index (κ3) is 2.77. The van der Waals surface area contributed by atoms with Gasteiger partial charge in [-0.1, -0.05) is 12.5 Å². The Hall–Kier alpha value is -2.70. The van der Waals surface area contributed by atoms with E-state index in [-0.39, 0.29) is 18.2 Å². The Kier molecular flexibility index (Phi) is 4.22. The predicted molar refractivity (Wildman–Crippen MR) is 95.5 cm³/mol. The van der Waals surface area contributed by atoms with Gasteiger partial charge in [0.05, 0.1) is 6.61 Å². The van der Waals surface area contributed by atoms with Crippen molar-refractivity contribution in [2.24, 2.45) is 0 Å². The molecule has 1 fully saturated rings. The highest BCUT2D eigenvalue weighted by Crippen LogP contribution is 2.50. The quantitative estimate of drug-likeness (QED) is 0.773. The van der Waals surface area contributed by atoms with Gasteiger partial charge in [-0.05, 0) is 44.4 Å². The molecule has 2 heterocycles. The summed E-state index contributed by atoms with van der Waals surface area (Å²) < 4.78 is 16.0. The number of nitrogens with zero attached hydrogens (tertiary/aromatic N) is 1. The van der Waals surface area contributed by atoms with Gasteiger partial charge in [0, 0.05) is 17.2 Å². The molecular weight excluding hydrogens is 334 g/mol. The molecule has 1 aromatic carbocycles. The van der Waals surface area contributed by atoms with Crippen molar-refractivity contribution in [3.05, 3.63) is 35.5 Å². The summed E-state index contributed by atoms with van der Waals surface area (Å²) in [6.45, 7) is 4.20. The van der Waals surface area contributed by atoms with E-state index in [2.05, 4.69) is 27.6 Å². The van der Waals surface area contributed by atoms with Crippen LogP contribution in [0.5, 0.6) is 11.5 Å². The molecule has 1 aromatic heterocycles. The molecule has 7 nitrogen and oxygen atoms in total. The number of nitrogens with one attached hydrogen (secondary N) is 2. The molecule has 7 heteroatoms. The Balaban J connectivity index is 1.56. The first-order chi connectivity index (χ1) is 12.6. The summed E-state index contributed by atoms with van der Waals surface area (Å²) in [5.41, 5.74) is 2.14. The number of aromatic nitrogens is 2. The van der Waals surface area contributed by atoms with E-state index in [1.165, 1.54) is 5.56 Å². The highest BCUT2D eigenvalue weighted by atomic mass is 16.7. The van der Waals surface area contributed by atoms with Crippen LogP contribution in [0.15, 0.2) is 24.3 Å². The molecule has 0 amide bonds. The lowest BCUT2D eigenvalue weighted by atomic mass is 9.62. The van der Waals surface area contributed by atoms with Crippen LogP contribution < -0.4 is 14.8 Å². The van der Waals surface area contributed by atoms with Crippen LogP contribution in [0.2, 0.25) is 0 Å². The lowest BCUT2D eigenvalue weighted by Crippen LogP contribution is -2.35. The van der Waals surface area contributed by atoms with Crippen molar-refractivity contribution >= 4 is 11.8 Å². The van der Waals surface area contributed by atoms with Gasteiger partial charge in [0.2, 0.25) is 6.79 Å². The molecule has 1 aliphatic heterocycles. The maximum absolute atomic E-state index is 11.8. The van der Waals surface area contributed by atoms with Gasteiger partial charge in [-0.25, -0.2) is 4.79 Å². The zero-order chi connectivity index (χ0) is 18.1. The zero-order valence-corrected chi connectivity index (χ0v) is 15.0. The summed E-state index contributed by atoms with van der Waals surface area (Å²) in [7, 11) is 0. The molecule has 0 spiro atoms. The second kappa shape index (κ2) is 6.55. The minimum absolute atomic E-state index is 0.0962. The summed E-state index contributed by atoms with van der Waals surface area (Å²) in [6, 6.07) is 7.67. The van der Waals surface area contributed by atoms with Gasteiger partial charge in [0.25, 0.3) is 0 Å². The number of fused-ring (bicyclic) bond motifs is 1. The average molecular weight is 357 g/mol. The van der Waals surface area contributed by atoms with Crippen LogP contribution in [0.25, 0.3) is 0 Å². The fraction of sp³-hybridized carbons (Fsp3) is 0.474. The fourth-order valence-electron chi connectivity index (χ4n) is 3.63. The molecule has 0 saturated heterocycles. The Morgan fingerprint density at radius 1 is 1.35 bits per heavy atom. The Morgan fingerprint density at radius 2 is 2.15 bits per heavy atom. The van der Waals surface area contributed by atoms with Crippen molar-refractivity contribution in [2.45, 2.75) is 44.6 Å². The maximum Gasteiger partial charge on any atom is 0.328 e. The van der Waals surface area contributed by atoms with Crippen LogP contribution in [0.4, 0.5) is 5.82 Å². The van der Waals surface area contributed by atoms with Crippen molar-refractivity contribution < 1.29 is 19.0 Å². The maximum atomic E-state index is 11.8. The largest absolute Gasteiger partial charge is 0.464 e. The zero-order valence-electron chi connectivity index (χ0n) is 15.0. The normalized spacial score (nSPS) is 18.1. The van der Waals surface area contributed by atoms with E-state index in [1.54, 1.807) is 13.8 Å². The summed E-state index contributed by atoms with van der Waals surface area (Å²) >= 11 is 0. The molecule has 138 valence electrons. The molecule has 26 heavy (non-hydrogen) atoms. The second-order valence-corrected chi connectivity index (χ2v) is 6.79. The van der Waals surface area contributed by atoms with Crippen molar-refractivity contribution in [2.75, 3.05) is 18.7 Å². The second-order valence-electron chi connectivity index (χ2n) is 6.79. The molecule has 2 aromatic rings. The van der Waals surface area contributed by atoms with Crippen LogP contribution in [0, 0.1) is 0 Å². The van der Waals surface area contributed by atoms with Crippen LogP contribution in [0.1, 0.15) is 44.4 Å². The van der Waals surface area contributed by atoms with E-state index in [4.69, 9.17) is 14.2 Å². The number of carbonyl (C=O) groups is 1. The number of carbonyl (C=O) groups excluding carboxylic acids is 1. The van der Waals surface area contributed by atoms with Gasteiger partial charge < -0.3 is 19.5 Å². The van der Waals surface area contributed by atoms with Gasteiger partial charge in [-0.3, -0.25) is 5.10 Å². The Morgan fingerprint density at radius 3 is 2.88 bits per heavy atom. The summed E-state index contributed by atoms with van der Waals surface area (Å²) in [5, 5.41) is 10.6. The van der Waals surface area contributed by atoms with Gasteiger partial charge >= 0.3 is 5.97 Å². The number of aromatic amines is 1. The van der Waals surface area contributed by atoms with Crippen molar-refractivity contribution in [3.63, 3.8) is 0 Å². The molecule has 2 aliphatic rings. The lowest BCUT2D eigenvalue weighted by Gasteiger charge is -2.41. The number of hydrogen-bond acceptors (Lipinski definition) is 6. The number of esters is 1. The number of ether oxygens (including phenoxy) is 3. The number of benzene rings is 1. The van der Waals surface area contributed by atoms with Gasteiger partial charge in [0.15, 0.2) is 11.5 Å². The molecule has 1 unspecified atom stereocenters. The number of anilines is 1. The molecule has 1 saturated carbocycles. The number of hydrogen-bond donors (Lipinski definition) is 2. The summed E-state index contributed by atoms with van der Waals surface area (Å²) in [6.07, 6.45) is 3.25. The van der Waals surface area contributed by atoms with Crippen molar-refractivity contribution in [1.82, 2.24) is 10.2 Å². The van der Waals surface area contributed by atoms with E-state index in [0.29, 0.717) is 12.4 Å². The van der Waals surface area contributed by atoms with Crippen LogP contribution in [-0.4, -0.2) is 35.6 Å². The molecule has 0 radical (unpaired) electrons. The van der Waals surface area contributed by atoms with E-state index >= 15 is 0 Å². The van der Waals surface area contributed by atoms with Gasteiger partial charge in [0.1, 0.15) is 11.9 Å². The highest BCUT2D eigenvalue weighted by Gasteiger charge is 2.42. The highest BCUT2D eigenvalue weighted by molar-refractivity contribution is 5.78. The molecule has 4 rings (SSSR count). The van der Waals surface area contributed by atoms with Crippen molar-refractivity contribution in [1.29, 1.82) is 0 Å². The molecule has 2 N–H and O–H groups in total. The third-order valence-corrected chi connectivity index (χ3v) is 5.23. The Bertz CT molecular complexity index is 813. The lowest BCUT2D eigenvalue weighted by molar-refractivity contribution is -0.143. The SMILES string of the molecule is CCOC(=O)C(C)Nc1cc(C2(c3ccc4c(c3)OCO4)CCC2)[nH]n1. The number of H-pyrrole nitrogens is 1.